The van der Waals surface area contributed by atoms with Crippen LogP contribution in [0.2, 0.25) is 0 Å². The summed E-state index contributed by atoms with van der Waals surface area (Å²) in [4.78, 5) is 2.26. The van der Waals surface area contributed by atoms with Crippen molar-refractivity contribution in [2.45, 2.75) is 38.3 Å². The van der Waals surface area contributed by atoms with Crippen molar-refractivity contribution in [1.29, 1.82) is 0 Å². The summed E-state index contributed by atoms with van der Waals surface area (Å²) in [5, 5.41) is 0. The summed E-state index contributed by atoms with van der Waals surface area (Å²) in [5.74, 6) is 6.71. The Kier molecular flexibility index (Phi) is 5.79. The molecule has 0 saturated carbocycles. The first-order valence-corrected chi connectivity index (χ1v) is 6.83. The molecule has 4 nitrogen and oxygen atoms in total. The van der Waals surface area contributed by atoms with Crippen LogP contribution in [0.25, 0.3) is 0 Å². The lowest BCUT2D eigenvalue weighted by molar-refractivity contribution is 0.0881. The van der Waals surface area contributed by atoms with E-state index in [9.17, 15) is 0 Å². The molecule has 0 aliphatic carbocycles. The standard InChI is InChI=1S/C15H27N3O/c1-6-15(7-2,18(3)4)14(17-16)12-9-8-10-13(11-12)19-5/h8-11,14,17H,6-7,16H2,1-5H3. The van der Waals surface area contributed by atoms with Gasteiger partial charge < -0.3 is 9.64 Å². The molecule has 0 bridgehead atoms. The zero-order valence-corrected chi connectivity index (χ0v) is 12.7. The molecule has 19 heavy (non-hydrogen) atoms. The van der Waals surface area contributed by atoms with E-state index in [2.05, 4.69) is 44.3 Å². The number of ether oxygens (including phenoxy) is 1. The van der Waals surface area contributed by atoms with Crippen LogP contribution in [0.1, 0.15) is 38.3 Å². The lowest BCUT2D eigenvalue weighted by Gasteiger charge is -2.45. The van der Waals surface area contributed by atoms with Gasteiger partial charge in [-0.25, -0.2) is 0 Å². The van der Waals surface area contributed by atoms with E-state index in [4.69, 9.17) is 10.6 Å². The van der Waals surface area contributed by atoms with Crippen LogP contribution in [0.15, 0.2) is 24.3 Å². The molecule has 0 spiro atoms. The van der Waals surface area contributed by atoms with Crippen LogP contribution < -0.4 is 16.0 Å². The average Bonchev–Trinajstić information content (AvgIpc) is 2.44. The fourth-order valence-electron chi connectivity index (χ4n) is 2.93. The molecule has 0 aliphatic rings. The zero-order valence-electron chi connectivity index (χ0n) is 12.7. The second kappa shape index (κ2) is 6.89. The van der Waals surface area contributed by atoms with Gasteiger partial charge in [-0.15, -0.1) is 0 Å². The van der Waals surface area contributed by atoms with Crippen molar-refractivity contribution in [2.75, 3.05) is 21.2 Å². The minimum atomic E-state index is -0.0128. The molecule has 1 aromatic carbocycles. The molecule has 1 rings (SSSR count). The van der Waals surface area contributed by atoms with Gasteiger partial charge in [0, 0.05) is 5.54 Å². The first kappa shape index (κ1) is 16.0. The van der Waals surface area contributed by atoms with Crippen molar-refractivity contribution in [3.8, 4) is 5.75 Å². The molecule has 0 amide bonds. The van der Waals surface area contributed by atoms with E-state index in [0.717, 1.165) is 24.2 Å². The first-order valence-electron chi connectivity index (χ1n) is 6.83. The van der Waals surface area contributed by atoms with Gasteiger partial charge in [0.25, 0.3) is 0 Å². The normalized spacial score (nSPS) is 13.6. The van der Waals surface area contributed by atoms with E-state index in [0.29, 0.717) is 0 Å². The predicted molar refractivity (Wildman–Crippen MR) is 80.1 cm³/mol. The van der Waals surface area contributed by atoms with E-state index >= 15 is 0 Å². The van der Waals surface area contributed by atoms with Crippen LogP contribution in [0.4, 0.5) is 0 Å². The maximum absolute atomic E-state index is 5.85. The largest absolute Gasteiger partial charge is 0.497 e. The molecular weight excluding hydrogens is 238 g/mol. The summed E-state index contributed by atoms with van der Waals surface area (Å²) in [6.07, 6.45) is 2.03. The van der Waals surface area contributed by atoms with Crippen LogP contribution in [-0.4, -0.2) is 31.6 Å². The average molecular weight is 265 g/mol. The number of hydrogen-bond acceptors (Lipinski definition) is 4. The Morgan fingerprint density at radius 2 is 1.95 bits per heavy atom. The second-order valence-electron chi connectivity index (χ2n) is 5.08. The predicted octanol–water partition coefficient (Wildman–Crippen LogP) is 2.32. The molecule has 1 atom stereocenters. The van der Waals surface area contributed by atoms with Crippen LogP contribution in [0.3, 0.4) is 0 Å². The summed E-state index contributed by atoms with van der Waals surface area (Å²) in [5.41, 5.74) is 4.14. The molecule has 4 heteroatoms. The second-order valence-corrected chi connectivity index (χ2v) is 5.08. The molecule has 0 saturated heterocycles. The molecule has 0 aliphatic heterocycles. The molecule has 108 valence electrons. The summed E-state index contributed by atoms with van der Waals surface area (Å²) < 4.78 is 5.31. The van der Waals surface area contributed by atoms with Crippen molar-refractivity contribution >= 4 is 0 Å². The fourth-order valence-corrected chi connectivity index (χ4v) is 2.93. The van der Waals surface area contributed by atoms with E-state index in [1.165, 1.54) is 0 Å². The minimum Gasteiger partial charge on any atom is -0.497 e. The number of nitrogens with one attached hydrogen (secondary N) is 1. The van der Waals surface area contributed by atoms with Gasteiger partial charge in [0.2, 0.25) is 0 Å². The highest BCUT2D eigenvalue weighted by Crippen LogP contribution is 2.36. The van der Waals surface area contributed by atoms with Gasteiger partial charge in [0.05, 0.1) is 13.2 Å². The quantitative estimate of drug-likeness (QED) is 0.587. The van der Waals surface area contributed by atoms with Gasteiger partial charge >= 0.3 is 0 Å². The number of hydrazine groups is 1. The highest BCUT2D eigenvalue weighted by atomic mass is 16.5. The van der Waals surface area contributed by atoms with Gasteiger partial charge in [-0.05, 0) is 44.6 Å². The monoisotopic (exact) mass is 265 g/mol. The molecule has 0 heterocycles. The van der Waals surface area contributed by atoms with Gasteiger partial charge in [-0.2, -0.15) is 0 Å². The number of nitrogens with two attached hydrogens (primary N) is 1. The van der Waals surface area contributed by atoms with Crippen LogP contribution in [-0.2, 0) is 0 Å². The van der Waals surface area contributed by atoms with Gasteiger partial charge in [-0.1, -0.05) is 26.0 Å². The highest BCUT2D eigenvalue weighted by molar-refractivity contribution is 5.32. The summed E-state index contributed by atoms with van der Waals surface area (Å²) in [6.45, 7) is 4.40. The number of benzene rings is 1. The molecule has 1 aromatic rings. The van der Waals surface area contributed by atoms with Crippen molar-refractivity contribution in [2.24, 2.45) is 5.84 Å². The third-order valence-corrected chi connectivity index (χ3v) is 4.25. The Balaban J connectivity index is 3.23. The van der Waals surface area contributed by atoms with Crippen molar-refractivity contribution in [3.05, 3.63) is 29.8 Å². The molecule has 0 radical (unpaired) electrons. The fraction of sp³-hybridized carbons (Fsp3) is 0.600. The van der Waals surface area contributed by atoms with Crippen molar-refractivity contribution < 1.29 is 4.74 Å². The number of hydrogen-bond donors (Lipinski definition) is 2. The van der Waals surface area contributed by atoms with E-state index in [1.807, 2.05) is 18.2 Å². The third kappa shape index (κ3) is 3.08. The van der Waals surface area contributed by atoms with Gasteiger partial charge in [-0.3, -0.25) is 11.3 Å². The van der Waals surface area contributed by atoms with Crippen LogP contribution in [0, 0.1) is 0 Å². The Morgan fingerprint density at radius 3 is 2.37 bits per heavy atom. The molecule has 3 N–H and O–H groups in total. The van der Waals surface area contributed by atoms with E-state index < -0.39 is 0 Å². The van der Waals surface area contributed by atoms with Crippen molar-refractivity contribution in [3.63, 3.8) is 0 Å². The Bertz CT molecular complexity index is 389. The SMILES string of the molecule is CCC(CC)(C(NN)c1cccc(OC)c1)N(C)C. The molecular formula is C15H27N3O. The lowest BCUT2D eigenvalue weighted by Crippen LogP contribution is -2.54. The van der Waals surface area contributed by atoms with E-state index in [-0.39, 0.29) is 11.6 Å². The number of nitrogens with zero attached hydrogens (tertiary/aromatic N) is 1. The van der Waals surface area contributed by atoms with E-state index in [1.54, 1.807) is 7.11 Å². The molecule has 0 aromatic heterocycles. The zero-order chi connectivity index (χ0) is 14.5. The van der Waals surface area contributed by atoms with Crippen molar-refractivity contribution in [1.82, 2.24) is 10.3 Å². The summed E-state index contributed by atoms with van der Waals surface area (Å²) in [6, 6.07) is 8.16. The maximum atomic E-state index is 5.85. The maximum Gasteiger partial charge on any atom is 0.119 e. The first-order chi connectivity index (χ1) is 9.05. The molecule has 1 unspecified atom stereocenters. The Morgan fingerprint density at radius 1 is 1.32 bits per heavy atom. The summed E-state index contributed by atoms with van der Waals surface area (Å²) >= 11 is 0. The third-order valence-electron chi connectivity index (χ3n) is 4.25. The topological polar surface area (TPSA) is 50.5 Å². The Labute approximate surface area is 116 Å². The lowest BCUT2D eigenvalue weighted by atomic mass is 9.80. The summed E-state index contributed by atoms with van der Waals surface area (Å²) in [7, 11) is 5.90. The highest BCUT2D eigenvalue weighted by Gasteiger charge is 2.38. The van der Waals surface area contributed by atoms with Crippen LogP contribution >= 0.6 is 0 Å². The number of rotatable bonds is 7. The number of methoxy groups -OCH3 is 1. The Hall–Kier alpha value is -1.10. The number of likely N-dealkylation sites (N-methyl/N-ethyl adjacent to an activating group) is 1. The van der Waals surface area contributed by atoms with Crippen LogP contribution in [0.5, 0.6) is 5.75 Å². The molecule has 0 fully saturated rings. The smallest absolute Gasteiger partial charge is 0.119 e. The van der Waals surface area contributed by atoms with Gasteiger partial charge in [0.15, 0.2) is 0 Å². The van der Waals surface area contributed by atoms with Gasteiger partial charge in [0.1, 0.15) is 5.75 Å². The minimum absolute atomic E-state index is 0.0128.